The zero-order chi connectivity index (χ0) is 18.4. The topological polar surface area (TPSA) is 66.5 Å². The largest absolute Gasteiger partial charge is 0.323 e. The Morgan fingerprint density at radius 3 is 2.81 bits per heavy atom. The molecule has 2 aromatic heterocycles. The van der Waals surface area contributed by atoms with Crippen molar-refractivity contribution in [3.8, 4) is 11.4 Å². The lowest BCUT2D eigenvalue weighted by Crippen LogP contribution is -2.04. The van der Waals surface area contributed by atoms with Crippen LogP contribution in [0.1, 0.15) is 17.7 Å². The Morgan fingerprint density at radius 1 is 1.04 bits per heavy atom. The SMILES string of the molecule is Fc1ccc2[nH]nc(Nc3nc(-c4ccccc4Cl)nc4c3CCC4)c2c1. The number of aromatic nitrogens is 4. The molecule has 2 N–H and O–H groups in total. The van der Waals surface area contributed by atoms with E-state index in [1.807, 2.05) is 24.3 Å². The molecule has 2 heterocycles. The molecule has 5 rings (SSSR count). The van der Waals surface area contributed by atoms with Crippen molar-refractivity contribution in [3.63, 3.8) is 0 Å². The number of benzene rings is 2. The molecule has 27 heavy (non-hydrogen) atoms. The van der Waals surface area contributed by atoms with Gasteiger partial charge < -0.3 is 5.32 Å². The number of nitrogens with zero attached hydrogens (tertiary/aromatic N) is 3. The monoisotopic (exact) mass is 379 g/mol. The number of fused-ring (bicyclic) bond motifs is 2. The molecule has 0 unspecified atom stereocenters. The maximum absolute atomic E-state index is 13.7. The van der Waals surface area contributed by atoms with Crippen LogP contribution in [0.15, 0.2) is 42.5 Å². The molecule has 0 radical (unpaired) electrons. The molecular formula is C20H15ClFN5. The number of rotatable bonds is 3. The molecule has 0 saturated heterocycles. The summed E-state index contributed by atoms with van der Waals surface area (Å²) in [6.07, 6.45) is 2.83. The van der Waals surface area contributed by atoms with Crippen molar-refractivity contribution in [2.24, 2.45) is 0 Å². The molecule has 0 spiro atoms. The van der Waals surface area contributed by atoms with E-state index in [2.05, 4.69) is 15.5 Å². The van der Waals surface area contributed by atoms with E-state index in [1.165, 1.54) is 12.1 Å². The standard InChI is InChI=1S/C20H15ClFN5/c21-15-6-2-1-4-12(15)18-23-16-7-3-5-13(16)19(24-18)25-20-14-10-11(22)8-9-17(14)26-27-20/h1-2,4,6,8-10H,3,5,7H2,(H2,23,24,25,26,27). The molecule has 134 valence electrons. The molecule has 0 amide bonds. The van der Waals surface area contributed by atoms with Crippen LogP contribution < -0.4 is 5.32 Å². The first-order valence-electron chi connectivity index (χ1n) is 8.74. The zero-order valence-electron chi connectivity index (χ0n) is 14.3. The summed E-state index contributed by atoms with van der Waals surface area (Å²) in [5.74, 6) is 1.51. The number of nitrogens with one attached hydrogen (secondary N) is 2. The maximum Gasteiger partial charge on any atom is 0.163 e. The number of aryl methyl sites for hydroxylation is 1. The van der Waals surface area contributed by atoms with Gasteiger partial charge in [-0.3, -0.25) is 5.10 Å². The van der Waals surface area contributed by atoms with Gasteiger partial charge in [-0.2, -0.15) is 5.10 Å². The minimum Gasteiger partial charge on any atom is -0.323 e. The first kappa shape index (κ1) is 16.2. The van der Waals surface area contributed by atoms with Gasteiger partial charge in [-0.05, 0) is 49.6 Å². The summed E-state index contributed by atoms with van der Waals surface area (Å²) in [6, 6.07) is 12.0. The maximum atomic E-state index is 13.7. The first-order chi connectivity index (χ1) is 13.2. The third-order valence-corrected chi connectivity index (χ3v) is 5.14. The summed E-state index contributed by atoms with van der Waals surface area (Å²) in [4.78, 5) is 9.45. The second-order valence-corrected chi connectivity index (χ2v) is 6.95. The molecule has 0 bridgehead atoms. The lowest BCUT2D eigenvalue weighted by atomic mass is 10.1. The van der Waals surface area contributed by atoms with Crippen molar-refractivity contribution in [1.29, 1.82) is 0 Å². The Kier molecular flexibility index (Phi) is 3.79. The zero-order valence-corrected chi connectivity index (χ0v) is 15.0. The minimum absolute atomic E-state index is 0.309. The Labute approximate surface area is 159 Å². The number of hydrogen-bond acceptors (Lipinski definition) is 4. The highest BCUT2D eigenvalue weighted by molar-refractivity contribution is 6.33. The Bertz CT molecular complexity index is 1170. The lowest BCUT2D eigenvalue weighted by molar-refractivity contribution is 0.630. The summed E-state index contributed by atoms with van der Waals surface area (Å²) < 4.78 is 13.7. The van der Waals surface area contributed by atoms with Gasteiger partial charge in [0, 0.05) is 22.2 Å². The van der Waals surface area contributed by atoms with Crippen LogP contribution in [0.5, 0.6) is 0 Å². The lowest BCUT2D eigenvalue weighted by Gasteiger charge is -2.12. The second-order valence-electron chi connectivity index (χ2n) is 6.54. The number of aromatic amines is 1. The normalized spacial score (nSPS) is 13.1. The Morgan fingerprint density at radius 2 is 1.93 bits per heavy atom. The third kappa shape index (κ3) is 2.82. The van der Waals surface area contributed by atoms with Gasteiger partial charge in [0.2, 0.25) is 0 Å². The molecular weight excluding hydrogens is 365 g/mol. The van der Waals surface area contributed by atoms with E-state index in [0.717, 1.165) is 41.6 Å². The minimum atomic E-state index is -0.309. The molecule has 5 nitrogen and oxygen atoms in total. The molecule has 4 aromatic rings. The van der Waals surface area contributed by atoms with Crippen LogP contribution in [0.3, 0.4) is 0 Å². The van der Waals surface area contributed by atoms with Crippen molar-refractivity contribution < 1.29 is 4.39 Å². The molecule has 0 aliphatic heterocycles. The van der Waals surface area contributed by atoms with Gasteiger partial charge in [-0.1, -0.05) is 23.7 Å². The van der Waals surface area contributed by atoms with Crippen LogP contribution in [-0.4, -0.2) is 20.2 Å². The highest BCUT2D eigenvalue weighted by atomic mass is 35.5. The van der Waals surface area contributed by atoms with E-state index in [-0.39, 0.29) is 5.82 Å². The van der Waals surface area contributed by atoms with E-state index in [0.29, 0.717) is 27.9 Å². The highest BCUT2D eigenvalue weighted by Gasteiger charge is 2.22. The van der Waals surface area contributed by atoms with Crippen LogP contribution in [-0.2, 0) is 12.8 Å². The highest BCUT2D eigenvalue weighted by Crippen LogP contribution is 2.34. The molecule has 0 atom stereocenters. The number of halogens is 2. The van der Waals surface area contributed by atoms with Gasteiger partial charge in [-0.15, -0.1) is 0 Å². The fraction of sp³-hybridized carbons (Fsp3) is 0.150. The van der Waals surface area contributed by atoms with Crippen molar-refractivity contribution in [3.05, 3.63) is 64.6 Å². The summed E-state index contributed by atoms with van der Waals surface area (Å²) in [5.41, 5.74) is 3.65. The van der Waals surface area contributed by atoms with E-state index < -0.39 is 0 Å². The summed E-state index contributed by atoms with van der Waals surface area (Å²) in [7, 11) is 0. The quantitative estimate of drug-likeness (QED) is 0.523. The van der Waals surface area contributed by atoms with Crippen LogP contribution in [0, 0.1) is 5.82 Å². The predicted octanol–water partition coefficient (Wildman–Crippen LogP) is 5.04. The van der Waals surface area contributed by atoms with Gasteiger partial charge in [0.05, 0.1) is 10.5 Å². The number of hydrogen-bond donors (Lipinski definition) is 2. The van der Waals surface area contributed by atoms with Crippen LogP contribution in [0.4, 0.5) is 16.0 Å². The van der Waals surface area contributed by atoms with E-state index >= 15 is 0 Å². The summed E-state index contributed by atoms with van der Waals surface area (Å²) in [5, 5.41) is 11.8. The fourth-order valence-electron chi connectivity index (χ4n) is 3.49. The molecule has 0 fully saturated rings. The smallest absolute Gasteiger partial charge is 0.163 e. The predicted molar refractivity (Wildman–Crippen MR) is 104 cm³/mol. The van der Waals surface area contributed by atoms with E-state index in [9.17, 15) is 4.39 Å². The van der Waals surface area contributed by atoms with Gasteiger partial charge >= 0.3 is 0 Å². The Hall–Kier alpha value is -2.99. The first-order valence-corrected chi connectivity index (χ1v) is 9.12. The van der Waals surface area contributed by atoms with Crippen LogP contribution in [0.2, 0.25) is 5.02 Å². The van der Waals surface area contributed by atoms with Crippen molar-refractivity contribution in [1.82, 2.24) is 20.2 Å². The number of anilines is 2. The van der Waals surface area contributed by atoms with Gasteiger partial charge in [0.15, 0.2) is 11.6 Å². The summed E-state index contributed by atoms with van der Waals surface area (Å²) >= 11 is 6.34. The second kappa shape index (κ2) is 6.32. The van der Waals surface area contributed by atoms with Gasteiger partial charge in [0.25, 0.3) is 0 Å². The fourth-order valence-corrected chi connectivity index (χ4v) is 3.71. The average Bonchev–Trinajstić information content (AvgIpc) is 3.29. The average molecular weight is 380 g/mol. The van der Waals surface area contributed by atoms with Crippen LogP contribution in [0.25, 0.3) is 22.3 Å². The van der Waals surface area contributed by atoms with E-state index in [4.69, 9.17) is 21.6 Å². The van der Waals surface area contributed by atoms with Gasteiger partial charge in [0.1, 0.15) is 11.6 Å². The van der Waals surface area contributed by atoms with Gasteiger partial charge in [-0.25, -0.2) is 14.4 Å². The van der Waals surface area contributed by atoms with Crippen molar-refractivity contribution >= 4 is 34.1 Å². The molecule has 0 saturated carbocycles. The Balaban J connectivity index is 1.63. The van der Waals surface area contributed by atoms with Crippen LogP contribution >= 0.6 is 11.6 Å². The number of H-pyrrole nitrogens is 1. The molecule has 1 aliphatic carbocycles. The van der Waals surface area contributed by atoms with Crippen molar-refractivity contribution in [2.75, 3.05) is 5.32 Å². The van der Waals surface area contributed by atoms with E-state index in [1.54, 1.807) is 6.07 Å². The molecule has 1 aliphatic rings. The molecule has 7 heteroatoms. The third-order valence-electron chi connectivity index (χ3n) is 4.81. The summed E-state index contributed by atoms with van der Waals surface area (Å²) in [6.45, 7) is 0. The molecule has 2 aromatic carbocycles. The van der Waals surface area contributed by atoms with Crippen molar-refractivity contribution in [2.45, 2.75) is 19.3 Å².